The number of benzene rings is 2. The maximum absolute atomic E-state index is 13.6. The molecule has 2 amide bonds. The van der Waals surface area contributed by atoms with Gasteiger partial charge < -0.3 is 20.3 Å². The molecule has 9 heteroatoms. The molecule has 2 aromatic carbocycles. The molecule has 2 atom stereocenters. The molecule has 2 heterocycles. The molecular formula is C34H45N5O3S. The first-order valence-corrected chi connectivity index (χ1v) is 16.5. The number of rotatable bonds is 16. The monoisotopic (exact) mass is 603 g/mol. The average molecular weight is 604 g/mol. The third kappa shape index (κ3) is 9.73. The van der Waals surface area contributed by atoms with Crippen LogP contribution in [0.15, 0.2) is 79.3 Å². The maximum Gasteiger partial charge on any atom is 0.242 e. The van der Waals surface area contributed by atoms with E-state index in [4.69, 9.17) is 4.74 Å². The van der Waals surface area contributed by atoms with E-state index in [1.807, 2.05) is 43.0 Å². The summed E-state index contributed by atoms with van der Waals surface area (Å²) in [6, 6.07) is 18.1. The molecule has 230 valence electrons. The average Bonchev–Trinajstić information content (AvgIpc) is 3.46. The van der Waals surface area contributed by atoms with Crippen LogP contribution < -0.4 is 10.6 Å². The first-order chi connectivity index (χ1) is 20.8. The van der Waals surface area contributed by atoms with Gasteiger partial charge in [0.1, 0.15) is 5.76 Å². The van der Waals surface area contributed by atoms with Crippen LogP contribution in [0.25, 0.3) is 10.8 Å². The van der Waals surface area contributed by atoms with Gasteiger partial charge in [-0.05, 0) is 73.6 Å². The Hall–Kier alpha value is -3.56. The molecule has 1 saturated heterocycles. The number of anilines is 1. The first-order valence-electron chi connectivity index (χ1n) is 15.1. The second-order valence-corrected chi connectivity index (χ2v) is 12.3. The third-order valence-electron chi connectivity index (χ3n) is 7.65. The number of aromatic nitrogens is 1. The first kappa shape index (κ1) is 32.4. The van der Waals surface area contributed by atoms with Crippen LogP contribution in [-0.2, 0) is 20.9 Å². The molecule has 0 aliphatic carbocycles. The SMILES string of the molecule is C=C(OC(C)C)[C@H](CCSC)NC(=O)CN(Cc1cccc2ccccc12)C[C@@H]1CCCN1C(=O)CNc1ccncc1. The summed E-state index contributed by atoms with van der Waals surface area (Å²) in [4.78, 5) is 35.1. The molecule has 1 aliphatic rings. The zero-order valence-electron chi connectivity index (χ0n) is 25.6. The van der Waals surface area contributed by atoms with Crippen molar-refractivity contribution in [3.8, 4) is 0 Å². The summed E-state index contributed by atoms with van der Waals surface area (Å²) < 4.78 is 5.88. The van der Waals surface area contributed by atoms with Crippen molar-refractivity contribution in [3.63, 3.8) is 0 Å². The van der Waals surface area contributed by atoms with Crippen molar-refractivity contribution >= 4 is 40.0 Å². The van der Waals surface area contributed by atoms with Crippen molar-refractivity contribution < 1.29 is 14.3 Å². The molecular weight excluding hydrogens is 558 g/mol. The van der Waals surface area contributed by atoms with Crippen molar-refractivity contribution in [1.82, 2.24) is 20.1 Å². The molecule has 0 saturated carbocycles. The quantitative estimate of drug-likeness (QED) is 0.215. The molecule has 1 aromatic heterocycles. The second kappa shape index (κ2) is 16.3. The summed E-state index contributed by atoms with van der Waals surface area (Å²) in [5.41, 5.74) is 2.03. The van der Waals surface area contributed by atoms with Crippen LogP contribution in [0, 0.1) is 0 Å². The lowest BCUT2D eigenvalue weighted by Gasteiger charge is -2.32. The third-order valence-corrected chi connectivity index (χ3v) is 8.30. The fraction of sp³-hybridized carbons (Fsp3) is 0.441. The van der Waals surface area contributed by atoms with Gasteiger partial charge in [0.05, 0.1) is 25.2 Å². The second-order valence-electron chi connectivity index (χ2n) is 11.3. The number of pyridine rings is 1. The molecule has 2 N–H and O–H groups in total. The Kier molecular flexibility index (Phi) is 12.3. The van der Waals surface area contributed by atoms with Gasteiger partial charge >= 0.3 is 0 Å². The highest BCUT2D eigenvalue weighted by atomic mass is 32.2. The molecule has 3 aromatic rings. The fourth-order valence-corrected chi connectivity index (χ4v) is 6.11. The summed E-state index contributed by atoms with van der Waals surface area (Å²) in [5, 5.41) is 8.76. The van der Waals surface area contributed by atoms with E-state index in [2.05, 4.69) is 63.7 Å². The van der Waals surface area contributed by atoms with Gasteiger partial charge in [0, 0.05) is 43.8 Å². The predicted molar refractivity (Wildman–Crippen MR) is 177 cm³/mol. The Bertz CT molecular complexity index is 1350. The van der Waals surface area contributed by atoms with Crippen molar-refractivity contribution in [1.29, 1.82) is 0 Å². The molecule has 0 radical (unpaired) electrons. The number of carbonyl (C=O) groups excluding carboxylic acids is 2. The Labute approximate surface area is 260 Å². The lowest BCUT2D eigenvalue weighted by atomic mass is 10.0. The normalized spacial score (nSPS) is 15.6. The number of fused-ring (bicyclic) bond motifs is 1. The highest BCUT2D eigenvalue weighted by Crippen LogP contribution is 2.23. The number of ether oxygens (including phenoxy) is 1. The molecule has 0 bridgehead atoms. The Balaban J connectivity index is 1.49. The van der Waals surface area contributed by atoms with E-state index in [-0.39, 0.29) is 43.1 Å². The molecule has 43 heavy (non-hydrogen) atoms. The van der Waals surface area contributed by atoms with Gasteiger partial charge in [-0.15, -0.1) is 0 Å². The lowest BCUT2D eigenvalue weighted by Crippen LogP contribution is -2.48. The van der Waals surface area contributed by atoms with Crippen LogP contribution in [-0.4, -0.2) is 83.0 Å². The van der Waals surface area contributed by atoms with E-state index in [0.717, 1.165) is 42.8 Å². The van der Waals surface area contributed by atoms with E-state index in [1.165, 1.54) is 10.8 Å². The minimum Gasteiger partial charge on any atom is -0.494 e. The van der Waals surface area contributed by atoms with E-state index in [1.54, 1.807) is 24.2 Å². The van der Waals surface area contributed by atoms with Crippen LogP contribution in [0.3, 0.4) is 0 Å². The minimum absolute atomic E-state index is 0.0111. The number of carbonyl (C=O) groups is 2. The maximum atomic E-state index is 13.6. The van der Waals surface area contributed by atoms with E-state index < -0.39 is 0 Å². The summed E-state index contributed by atoms with van der Waals surface area (Å²) in [6.45, 7) is 10.4. The van der Waals surface area contributed by atoms with E-state index in [0.29, 0.717) is 18.8 Å². The van der Waals surface area contributed by atoms with E-state index in [9.17, 15) is 9.59 Å². The molecule has 1 aliphatic heterocycles. The Morgan fingerprint density at radius 1 is 1.14 bits per heavy atom. The van der Waals surface area contributed by atoms with Crippen molar-refractivity contribution in [2.24, 2.45) is 0 Å². The zero-order chi connectivity index (χ0) is 30.6. The fourth-order valence-electron chi connectivity index (χ4n) is 5.63. The highest BCUT2D eigenvalue weighted by Gasteiger charge is 2.31. The van der Waals surface area contributed by atoms with Gasteiger partial charge in [0.2, 0.25) is 11.8 Å². The number of nitrogens with one attached hydrogen (secondary N) is 2. The number of amides is 2. The number of hydrogen-bond acceptors (Lipinski definition) is 7. The Morgan fingerprint density at radius 3 is 2.67 bits per heavy atom. The topological polar surface area (TPSA) is 86.8 Å². The van der Waals surface area contributed by atoms with Gasteiger partial charge in [0.25, 0.3) is 0 Å². The summed E-state index contributed by atoms with van der Waals surface area (Å²) >= 11 is 1.73. The van der Waals surface area contributed by atoms with Crippen LogP contribution >= 0.6 is 11.8 Å². The zero-order valence-corrected chi connectivity index (χ0v) is 26.4. The van der Waals surface area contributed by atoms with Gasteiger partial charge in [-0.3, -0.25) is 19.5 Å². The molecule has 8 nitrogen and oxygen atoms in total. The minimum atomic E-state index is -0.259. The number of nitrogens with zero attached hydrogens (tertiary/aromatic N) is 3. The highest BCUT2D eigenvalue weighted by molar-refractivity contribution is 7.98. The van der Waals surface area contributed by atoms with E-state index >= 15 is 0 Å². The largest absolute Gasteiger partial charge is 0.494 e. The van der Waals surface area contributed by atoms with Gasteiger partial charge in [-0.25, -0.2) is 0 Å². The van der Waals surface area contributed by atoms with Crippen LogP contribution in [0.4, 0.5) is 5.69 Å². The van der Waals surface area contributed by atoms with Crippen LogP contribution in [0.5, 0.6) is 0 Å². The smallest absolute Gasteiger partial charge is 0.242 e. The van der Waals surface area contributed by atoms with Crippen molar-refractivity contribution in [2.45, 2.75) is 57.8 Å². The van der Waals surface area contributed by atoms with Gasteiger partial charge in [0.15, 0.2) is 0 Å². The summed E-state index contributed by atoms with van der Waals surface area (Å²) in [7, 11) is 0. The Morgan fingerprint density at radius 2 is 1.91 bits per heavy atom. The molecule has 0 spiro atoms. The van der Waals surface area contributed by atoms with Crippen LogP contribution in [0.1, 0.15) is 38.7 Å². The van der Waals surface area contributed by atoms with Gasteiger partial charge in [-0.2, -0.15) is 11.8 Å². The number of thioether (sulfide) groups is 1. The predicted octanol–water partition coefficient (Wildman–Crippen LogP) is 5.32. The summed E-state index contributed by atoms with van der Waals surface area (Å²) in [6.07, 6.45) is 8.06. The lowest BCUT2D eigenvalue weighted by molar-refractivity contribution is -0.130. The standard InChI is InChI=1S/C34H45N5O3S/c1-25(2)42-26(3)32(16-20-43-4)37-33(40)24-38(22-28-11-7-10-27-9-5-6-13-31(27)28)23-30-12-8-19-39(30)34(41)21-36-29-14-17-35-18-15-29/h5-7,9-11,13-15,17-18,25,30,32H,3,8,12,16,19-24H2,1-2,4H3,(H,35,36)(H,37,40)/t30-,32-/m0/s1. The summed E-state index contributed by atoms with van der Waals surface area (Å²) in [5.74, 6) is 1.47. The van der Waals surface area contributed by atoms with Crippen molar-refractivity contribution in [2.75, 3.05) is 43.5 Å². The molecule has 1 fully saturated rings. The van der Waals surface area contributed by atoms with Crippen LogP contribution in [0.2, 0.25) is 0 Å². The van der Waals surface area contributed by atoms with Gasteiger partial charge in [-0.1, -0.05) is 49.0 Å². The number of likely N-dealkylation sites (tertiary alicyclic amines) is 1. The molecule has 4 rings (SSSR count). The number of hydrogen-bond donors (Lipinski definition) is 2. The molecule has 0 unspecified atom stereocenters. The van der Waals surface area contributed by atoms with Crippen molar-refractivity contribution in [3.05, 3.63) is 84.9 Å².